The number of sulfonamides is 1. The Morgan fingerprint density at radius 1 is 1.23 bits per heavy atom. The zero-order valence-corrected chi connectivity index (χ0v) is 17.3. The molecule has 1 aromatic carbocycles. The molecule has 0 saturated carbocycles. The molecule has 0 spiro atoms. The van der Waals surface area contributed by atoms with Crippen molar-refractivity contribution in [1.82, 2.24) is 9.62 Å². The third-order valence-electron chi connectivity index (χ3n) is 4.25. The van der Waals surface area contributed by atoms with Crippen molar-refractivity contribution in [2.45, 2.75) is 25.7 Å². The van der Waals surface area contributed by atoms with E-state index in [-0.39, 0.29) is 4.90 Å². The quantitative estimate of drug-likeness (QED) is 0.677. The molecule has 0 aliphatic carbocycles. The average molecular weight is 401 g/mol. The molecule has 26 heavy (non-hydrogen) atoms. The van der Waals surface area contributed by atoms with E-state index in [1.807, 2.05) is 26.8 Å². The second kappa shape index (κ2) is 9.50. The van der Waals surface area contributed by atoms with Crippen molar-refractivity contribution in [3.63, 3.8) is 0 Å². The summed E-state index contributed by atoms with van der Waals surface area (Å²) in [4.78, 5) is 2.44. The van der Waals surface area contributed by atoms with Gasteiger partial charge in [-0.1, -0.05) is 13.8 Å². The van der Waals surface area contributed by atoms with Crippen LogP contribution in [-0.4, -0.2) is 63.8 Å². The number of hydrogen-bond acceptors (Lipinski definition) is 5. The van der Waals surface area contributed by atoms with Crippen LogP contribution < -0.4 is 15.5 Å². The highest BCUT2D eigenvalue weighted by atomic mass is 32.2. The molecule has 9 heteroatoms. The van der Waals surface area contributed by atoms with E-state index < -0.39 is 10.0 Å². The summed E-state index contributed by atoms with van der Waals surface area (Å²) < 4.78 is 32.6. The third kappa shape index (κ3) is 4.85. The molecule has 2 N–H and O–H groups in total. The van der Waals surface area contributed by atoms with Crippen LogP contribution in [0, 0.1) is 0 Å². The number of benzene rings is 1. The molecule has 1 aliphatic rings. The van der Waals surface area contributed by atoms with E-state index in [0.717, 1.165) is 18.8 Å². The van der Waals surface area contributed by atoms with Crippen LogP contribution in [-0.2, 0) is 14.8 Å². The van der Waals surface area contributed by atoms with Crippen LogP contribution in [0.25, 0.3) is 0 Å². The molecule has 0 bridgehead atoms. The van der Waals surface area contributed by atoms with Crippen molar-refractivity contribution in [3.05, 3.63) is 18.2 Å². The molecule has 1 fully saturated rings. The van der Waals surface area contributed by atoms with E-state index in [9.17, 15) is 8.42 Å². The van der Waals surface area contributed by atoms with Gasteiger partial charge < -0.3 is 20.3 Å². The normalized spacial score (nSPS) is 15.2. The molecule has 7 nitrogen and oxygen atoms in total. The van der Waals surface area contributed by atoms with Crippen LogP contribution in [0.2, 0.25) is 0 Å². The molecular formula is C17H28N4O3S2. The van der Waals surface area contributed by atoms with Gasteiger partial charge >= 0.3 is 0 Å². The van der Waals surface area contributed by atoms with Crippen molar-refractivity contribution >= 4 is 38.7 Å². The predicted octanol–water partition coefficient (Wildman–Crippen LogP) is 1.86. The molecule has 2 rings (SSSR count). The molecule has 0 radical (unpaired) electrons. The second-order valence-electron chi connectivity index (χ2n) is 5.85. The van der Waals surface area contributed by atoms with Crippen molar-refractivity contribution in [2.75, 3.05) is 56.2 Å². The summed E-state index contributed by atoms with van der Waals surface area (Å²) in [5, 5.41) is 6.67. The SMILES string of the molecule is CCNC(=S)Nc1cc(S(=O)(=O)N(CC)CC)ccc1N1CCOCC1. The lowest BCUT2D eigenvalue weighted by Crippen LogP contribution is -2.37. The lowest BCUT2D eigenvalue weighted by atomic mass is 10.2. The molecule has 1 aromatic rings. The highest BCUT2D eigenvalue weighted by molar-refractivity contribution is 7.89. The number of hydrogen-bond donors (Lipinski definition) is 2. The average Bonchev–Trinajstić information content (AvgIpc) is 2.63. The fraction of sp³-hybridized carbons (Fsp3) is 0.588. The van der Waals surface area contributed by atoms with E-state index in [2.05, 4.69) is 15.5 Å². The Kier molecular flexibility index (Phi) is 7.63. The Bertz CT molecular complexity index is 715. The fourth-order valence-corrected chi connectivity index (χ4v) is 4.63. The smallest absolute Gasteiger partial charge is 0.243 e. The van der Waals surface area contributed by atoms with Crippen LogP contribution in [0.5, 0.6) is 0 Å². The standard InChI is InChI=1S/C17H28N4O3S2/c1-4-18-17(25)19-15-13-14(26(22,23)21(5-2)6-3)7-8-16(15)20-9-11-24-12-10-20/h7-8,13H,4-6,9-12H2,1-3H3,(H2,18,19,25). The monoisotopic (exact) mass is 400 g/mol. The summed E-state index contributed by atoms with van der Waals surface area (Å²) in [6.07, 6.45) is 0. The van der Waals surface area contributed by atoms with E-state index in [0.29, 0.717) is 43.6 Å². The van der Waals surface area contributed by atoms with Gasteiger partial charge in [-0.2, -0.15) is 4.31 Å². The molecule has 0 unspecified atom stereocenters. The van der Waals surface area contributed by atoms with Gasteiger partial charge in [-0.15, -0.1) is 0 Å². The molecule has 1 heterocycles. The van der Waals surface area contributed by atoms with Gasteiger partial charge in [-0.25, -0.2) is 8.42 Å². The van der Waals surface area contributed by atoms with Gasteiger partial charge in [0.1, 0.15) is 0 Å². The Morgan fingerprint density at radius 3 is 2.46 bits per heavy atom. The molecule has 0 aromatic heterocycles. The molecule has 0 atom stereocenters. The summed E-state index contributed by atoms with van der Waals surface area (Å²) in [6, 6.07) is 5.18. The second-order valence-corrected chi connectivity index (χ2v) is 8.20. The number of nitrogens with one attached hydrogen (secondary N) is 2. The minimum Gasteiger partial charge on any atom is -0.378 e. The highest BCUT2D eigenvalue weighted by Gasteiger charge is 2.24. The van der Waals surface area contributed by atoms with Gasteiger partial charge in [0.25, 0.3) is 0 Å². The Labute approximate surface area is 161 Å². The number of anilines is 2. The van der Waals surface area contributed by atoms with Gasteiger partial charge in [0.05, 0.1) is 29.5 Å². The first-order chi connectivity index (χ1) is 12.4. The summed E-state index contributed by atoms with van der Waals surface area (Å²) in [5.74, 6) is 0. The van der Waals surface area contributed by atoms with E-state index in [1.165, 1.54) is 4.31 Å². The van der Waals surface area contributed by atoms with Crippen molar-refractivity contribution in [3.8, 4) is 0 Å². The van der Waals surface area contributed by atoms with Crippen molar-refractivity contribution in [1.29, 1.82) is 0 Å². The molecule has 146 valence electrons. The van der Waals surface area contributed by atoms with Crippen LogP contribution in [0.3, 0.4) is 0 Å². The van der Waals surface area contributed by atoms with Gasteiger partial charge in [0, 0.05) is 32.7 Å². The summed E-state index contributed by atoms with van der Waals surface area (Å²) >= 11 is 5.30. The van der Waals surface area contributed by atoms with Crippen molar-refractivity contribution in [2.24, 2.45) is 0 Å². The molecule has 0 amide bonds. The summed E-state index contributed by atoms with van der Waals surface area (Å²) in [6.45, 7) is 9.99. The summed E-state index contributed by atoms with van der Waals surface area (Å²) in [7, 11) is -3.53. The van der Waals surface area contributed by atoms with Gasteiger partial charge in [-0.05, 0) is 37.3 Å². The number of ether oxygens (including phenoxy) is 1. The first-order valence-electron chi connectivity index (χ1n) is 8.95. The van der Waals surface area contributed by atoms with Crippen LogP contribution in [0.15, 0.2) is 23.1 Å². The van der Waals surface area contributed by atoms with E-state index in [1.54, 1.807) is 12.1 Å². The van der Waals surface area contributed by atoms with Crippen molar-refractivity contribution < 1.29 is 13.2 Å². The van der Waals surface area contributed by atoms with E-state index >= 15 is 0 Å². The summed E-state index contributed by atoms with van der Waals surface area (Å²) in [5.41, 5.74) is 1.61. The molecule has 1 saturated heterocycles. The third-order valence-corrected chi connectivity index (χ3v) is 6.54. The highest BCUT2D eigenvalue weighted by Crippen LogP contribution is 2.30. The topological polar surface area (TPSA) is 73.9 Å². The number of rotatable bonds is 7. The maximum Gasteiger partial charge on any atom is 0.243 e. The fourth-order valence-electron chi connectivity index (χ4n) is 2.90. The lowest BCUT2D eigenvalue weighted by Gasteiger charge is -2.31. The maximum atomic E-state index is 12.9. The minimum atomic E-state index is -3.53. The zero-order chi connectivity index (χ0) is 19.2. The van der Waals surface area contributed by atoms with Gasteiger partial charge in [0.2, 0.25) is 10.0 Å². The van der Waals surface area contributed by atoms with E-state index in [4.69, 9.17) is 17.0 Å². The Morgan fingerprint density at radius 2 is 1.88 bits per heavy atom. The molecular weight excluding hydrogens is 372 g/mol. The number of morpholine rings is 1. The predicted molar refractivity (Wildman–Crippen MR) is 109 cm³/mol. The largest absolute Gasteiger partial charge is 0.378 e. The van der Waals surface area contributed by atoms with Gasteiger partial charge in [0.15, 0.2) is 5.11 Å². The van der Waals surface area contributed by atoms with Crippen LogP contribution in [0.1, 0.15) is 20.8 Å². The molecule has 1 aliphatic heterocycles. The lowest BCUT2D eigenvalue weighted by molar-refractivity contribution is 0.123. The first-order valence-corrected chi connectivity index (χ1v) is 10.8. The number of thiocarbonyl (C=S) groups is 1. The zero-order valence-electron chi connectivity index (χ0n) is 15.6. The Hall–Kier alpha value is -1.42. The van der Waals surface area contributed by atoms with Crippen LogP contribution >= 0.6 is 12.2 Å². The Balaban J connectivity index is 2.42. The van der Waals surface area contributed by atoms with Gasteiger partial charge in [-0.3, -0.25) is 0 Å². The number of nitrogens with zero attached hydrogens (tertiary/aromatic N) is 2. The van der Waals surface area contributed by atoms with Crippen LogP contribution in [0.4, 0.5) is 11.4 Å². The maximum absolute atomic E-state index is 12.9. The first kappa shape index (κ1) is 20.9. The minimum absolute atomic E-state index is 0.264.